The van der Waals surface area contributed by atoms with Gasteiger partial charge in [0.15, 0.2) is 0 Å². The van der Waals surface area contributed by atoms with Crippen LogP contribution in [0.4, 0.5) is 5.82 Å². The summed E-state index contributed by atoms with van der Waals surface area (Å²) in [4.78, 5) is 0. The highest BCUT2D eigenvalue weighted by Crippen LogP contribution is 2.33. The highest BCUT2D eigenvalue weighted by molar-refractivity contribution is 5.83. The molecule has 132 valence electrons. The van der Waals surface area contributed by atoms with E-state index in [2.05, 4.69) is 76.2 Å². The van der Waals surface area contributed by atoms with Crippen LogP contribution in [0.5, 0.6) is 0 Å². The molecule has 0 saturated carbocycles. The van der Waals surface area contributed by atoms with Crippen molar-refractivity contribution in [2.75, 3.05) is 12.3 Å². The molecule has 0 amide bonds. The largest absolute Gasteiger partial charge is 0.382 e. The van der Waals surface area contributed by atoms with E-state index in [4.69, 9.17) is 5.73 Å². The first kappa shape index (κ1) is 16.0. The molecule has 0 fully saturated rings. The minimum absolute atomic E-state index is 0.352. The molecule has 4 heteroatoms. The predicted octanol–water partition coefficient (Wildman–Crippen LogP) is 4.11. The lowest BCUT2D eigenvalue weighted by Gasteiger charge is -2.27. The van der Waals surface area contributed by atoms with Gasteiger partial charge >= 0.3 is 0 Å². The summed E-state index contributed by atoms with van der Waals surface area (Å²) < 4.78 is 0. The van der Waals surface area contributed by atoms with Gasteiger partial charge in [-0.2, -0.15) is 0 Å². The van der Waals surface area contributed by atoms with E-state index in [1.165, 1.54) is 27.5 Å². The summed E-state index contributed by atoms with van der Waals surface area (Å²) >= 11 is 0. The molecule has 1 aliphatic heterocycles. The van der Waals surface area contributed by atoms with Gasteiger partial charge in [-0.25, -0.2) is 0 Å². The average molecular weight is 352 g/mol. The van der Waals surface area contributed by atoms with Gasteiger partial charge in [0.05, 0.1) is 5.69 Å². The van der Waals surface area contributed by atoms with E-state index in [-0.39, 0.29) is 0 Å². The van der Waals surface area contributed by atoms with Crippen molar-refractivity contribution in [3.05, 3.63) is 89.5 Å². The van der Waals surface area contributed by atoms with Gasteiger partial charge in [-0.05, 0) is 45.7 Å². The standard InChI is InChI=1S/C23H20N4/c24-23-10-9-22(26-27-23)18-7-8-20-19(12-18)13-25-14-21(20)17-6-5-15-3-1-2-4-16(15)11-17/h1-12,21,25H,13-14H2,(H2,24,27)/t21-/m0/s1. The smallest absolute Gasteiger partial charge is 0.146 e. The Labute approximate surface area is 158 Å². The number of hydrogen-bond donors (Lipinski definition) is 2. The maximum Gasteiger partial charge on any atom is 0.146 e. The number of nitrogens with zero attached hydrogens (tertiary/aromatic N) is 2. The molecule has 5 rings (SSSR count). The molecular formula is C23H20N4. The normalized spacial score (nSPS) is 16.2. The average Bonchev–Trinajstić information content (AvgIpc) is 2.73. The highest BCUT2D eigenvalue weighted by Gasteiger charge is 2.22. The molecule has 0 saturated heterocycles. The van der Waals surface area contributed by atoms with Crippen LogP contribution in [-0.2, 0) is 6.54 Å². The minimum atomic E-state index is 0.352. The van der Waals surface area contributed by atoms with E-state index in [9.17, 15) is 0 Å². The second-order valence-corrected chi connectivity index (χ2v) is 7.05. The third-order valence-electron chi connectivity index (χ3n) is 5.34. The zero-order chi connectivity index (χ0) is 18.2. The summed E-state index contributed by atoms with van der Waals surface area (Å²) in [6.07, 6.45) is 0. The summed E-state index contributed by atoms with van der Waals surface area (Å²) in [7, 11) is 0. The van der Waals surface area contributed by atoms with Gasteiger partial charge in [0, 0.05) is 24.6 Å². The Morgan fingerprint density at radius 1 is 0.852 bits per heavy atom. The van der Waals surface area contributed by atoms with E-state index in [0.29, 0.717) is 11.7 Å². The predicted molar refractivity (Wildman–Crippen MR) is 109 cm³/mol. The van der Waals surface area contributed by atoms with E-state index >= 15 is 0 Å². The van der Waals surface area contributed by atoms with Gasteiger partial charge in [0.1, 0.15) is 5.82 Å². The van der Waals surface area contributed by atoms with Crippen molar-refractivity contribution in [3.8, 4) is 11.3 Å². The fraction of sp³-hybridized carbons (Fsp3) is 0.130. The Kier molecular flexibility index (Phi) is 3.84. The number of nitrogens with two attached hydrogens (primary N) is 1. The molecular weight excluding hydrogens is 332 g/mol. The molecule has 1 atom stereocenters. The topological polar surface area (TPSA) is 63.8 Å². The molecule has 0 bridgehead atoms. The molecule has 0 radical (unpaired) electrons. The van der Waals surface area contributed by atoms with Gasteiger partial charge in [-0.3, -0.25) is 0 Å². The van der Waals surface area contributed by atoms with Crippen LogP contribution < -0.4 is 11.1 Å². The zero-order valence-electron chi connectivity index (χ0n) is 14.9. The summed E-state index contributed by atoms with van der Waals surface area (Å²) in [5.74, 6) is 0.791. The number of benzene rings is 3. The van der Waals surface area contributed by atoms with Crippen LogP contribution in [0.25, 0.3) is 22.0 Å². The Morgan fingerprint density at radius 2 is 1.74 bits per heavy atom. The second-order valence-electron chi connectivity index (χ2n) is 7.05. The number of nitrogen functional groups attached to an aromatic ring is 1. The molecule has 0 spiro atoms. The van der Waals surface area contributed by atoms with E-state index < -0.39 is 0 Å². The first-order chi connectivity index (χ1) is 13.3. The summed E-state index contributed by atoms with van der Waals surface area (Å²) in [5, 5.41) is 14.3. The van der Waals surface area contributed by atoms with Gasteiger partial charge in [0.25, 0.3) is 0 Å². The Bertz CT molecular complexity index is 1120. The maximum absolute atomic E-state index is 5.65. The second kappa shape index (κ2) is 6.49. The lowest BCUT2D eigenvalue weighted by Crippen LogP contribution is -2.28. The fourth-order valence-corrected chi connectivity index (χ4v) is 3.94. The van der Waals surface area contributed by atoms with E-state index in [1.807, 2.05) is 6.07 Å². The maximum atomic E-state index is 5.65. The molecule has 0 unspecified atom stereocenters. The van der Waals surface area contributed by atoms with Crippen molar-refractivity contribution < 1.29 is 0 Å². The zero-order valence-corrected chi connectivity index (χ0v) is 14.9. The molecule has 1 aromatic heterocycles. The summed E-state index contributed by atoms with van der Waals surface area (Å²) in [5.41, 5.74) is 11.6. The van der Waals surface area contributed by atoms with Gasteiger partial charge in [-0.1, -0.05) is 54.6 Å². The number of aromatic nitrogens is 2. The molecule has 0 aliphatic carbocycles. The fourth-order valence-electron chi connectivity index (χ4n) is 3.94. The lowest BCUT2D eigenvalue weighted by atomic mass is 9.84. The van der Waals surface area contributed by atoms with Crippen molar-refractivity contribution >= 4 is 16.6 Å². The number of anilines is 1. The van der Waals surface area contributed by atoms with E-state index in [0.717, 1.165) is 24.3 Å². The molecule has 1 aliphatic rings. The molecule has 2 heterocycles. The van der Waals surface area contributed by atoms with Crippen LogP contribution in [0.1, 0.15) is 22.6 Å². The Hall–Kier alpha value is -3.24. The van der Waals surface area contributed by atoms with Crippen molar-refractivity contribution in [3.63, 3.8) is 0 Å². The van der Waals surface area contributed by atoms with Gasteiger partial charge in [-0.15, -0.1) is 10.2 Å². The molecule has 27 heavy (non-hydrogen) atoms. The van der Waals surface area contributed by atoms with Gasteiger partial charge < -0.3 is 11.1 Å². The van der Waals surface area contributed by atoms with Crippen molar-refractivity contribution in [2.24, 2.45) is 0 Å². The monoisotopic (exact) mass is 352 g/mol. The summed E-state index contributed by atoms with van der Waals surface area (Å²) in [6, 6.07) is 25.6. The molecule has 3 aromatic carbocycles. The quantitative estimate of drug-likeness (QED) is 0.570. The Balaban J connectivity index is 1.55. The third-order valence-corrected chi connectivity index (χ3v) is 5.34. The number of rotatable bonds is 2. The lowest BCUT2D eigenvalue weighted by molar-refractivity contribution is 0.592. The summed E-state index contributed by atoms with van der Waals surface area (Å²) in [6.45, 7) is 1.82. The first-order valence-corrected chi connectivity index (χ1v) is 9.20. The molecule has 4 aromatic rings. The van der Waals surface area contributed by atoms with Crippen LogP contribution in [0, 0.1) is 0 Å². The SMILES string of the molecule is Nc1ccc(-c2ccc3c(c2)CNC[C@H]3c2ccc3ccccc3c2)nn1. The van der Waals surface area contributed by atoms with Crippen LogP contribution in [0.3, 0.4) is 0 Å². The minimum Gasteiger partial charge on any atom is -0.382 e. The molecule has 4 nitrogen and oxygen atoms in total. The van der Waals surface area contributed by atoms with Crippen LogP contribution in [0.2, 0.25) is 0 Å². The first-order valence-electron chi connectivity index (χ1n) is 9.20. The Morgan fingerprint density at radius 3 is 2.59 bits per heavy atom. The number of nitrogens with one attached hydrogen (secondary N) is 1. The number of fused-ring (bicyclic) bond motifs is 2. The molecule has 3 N–H and O–H groups in total. The van der Waals surface area contributed by atoms with Crippen LogP contribution >= 0.6 is 0 Å². The third kappa shape index (κ3) is 2.94. The van der Waals surface area contributed by atoms with Gasteiger partial charge in [0.2, 0.25) is 0 Å². The number of hydrogen-bond acceptors (Lipinski definition) is 4. The van der Waals surface area contributed by atoms with Crippen LogP contribution in [-0.4, -0.2) is 16.7 Å². The van der Waals surface area contributed by atoms with Crippen molar-refractivity contribution in [1.82, 2.24) is 15.5 Å². The van der Waals surface area contributed by atoms with E-state index in [1.54, 1.807) is 6.07 Å². The van der Waals surface area contributed by atoms with Crippen molar-refractivity contribution in [2.45, 2.75) is 12.5 Å². The highest BCUT2D eigenvalue weighted by atomic mass is 15.1. The van der Waals surface area contributed by atoms with Crippen molar-refractivity contribution in [1.29, 1.82) is 0 Å². The van der Waals surface area contributed by atoms with Crippen LogP contribution in [0.15, 0.2) is 72.8 Å².